The highest BCUT2D eigenvalue weighted by atomic mass is 16.5. The molecule has 1 unspecified atom stereocenters. The van der Waals surface area contributed by atoms with Crippen LogP contribution in [0.4, 0.5) is 5.82 Å². The van der Waals surface area contributed by atoms with Gasteiger partial charge in [-0.25, -0.2) is 0 Å². The number of nitrogens with zero attached hydrogens (tertiary/aromatic N) is 2. The second-order valence-electron chi connectivity index (χ2n) is 3.57. The van der Waals surface area contributed by atoms with Crippen molar-refractivity contribution in [3.63, 3.8) is 0 Å². The van der Waals surface area contributed by atoms with E-state index in [2.05, 4.69) is 17.3 Å². The molecule has 0 aliphatic rings. The number of anilines is 1. The van der Waals surface area contributed by atoms with E-state index in [0.717, 1.165) is 12.2 Å². The van der Waals surface area contributed by atoms with Crippen molar-refractivity contribution < 1.29 is 9.53 Å². The zero-order valence-corrected chi connectivity index (χ0v) is 9.64. The third-order valence-electron chi connectivity index (χ3n) is 2.17. The Morgan fingerprint density at radius 2 is 2.50 bits per heavy atom. The number of methoxy groups -OCH3 is 1. The van der Waals surface area contributed by atoms with Gasteiger partial charge < -0.3 is 15.8 Å². The lowest BCUT2D eigenvalue weighted by molar-refractivity contribution is -0.118. The number of nitrogens with one attached hydrogen (secondary N) is 1. The van der Waals surface area contributed by atoms with Gasteiger partial charge in [0.25, 0.3) is 0 Å². The van der Waals surface area contributed by atoms with Gasteiger partial charge in [0.05, 0.1) is 12.6 Å². The minimum absolute atomic E-state index is 0.0999. The highest BCUT2D eigenvalue weighted by Gasteiger charge is 2.07. The fourth-order valence-corrected chi connectivity index (χ4v) is 1.36. The van der Waals surface area contributed by atoms with Crippen LogP contribution in [0.1, 0.15) is 13.3 Å². The predicted molar refractivity (Wildman–Crippen MR) is 61.0 cm³/mol. The van der Waals surface area contributed by atoms with Crippen molar-refractivity contribution in [1.29, 1.82) is 0 Å². The molecule has 0 aliphatic heterocycles. The second-order valence-corrected chi connectivity index (χ2v) is 3.57. The van der Waals surface area contributed by atoms with Crippen LogP contribution in [0.2, 0.25) is 0 Å². The SMILES string of the molecule is CCC(COC)Nc1ccn(CC(N)=O)n1. The van der Waals surface area contributed by atoms with E-state index in [-0.39, 0.29) is 12.6 Å². The maximum atomic E-state index is 10.7. The maximum Gasteiger partial charge on any atom is 0.239 e. The van der Waals surface area contributed by atoms with E-state index in [1.165, 1.54) is 4.68 Å². The van der Waals surface area contributed by atoms with E-state index in [1.54, 1.807) is 19.4 Å². The fraction of sp³-hybridized carbons (Fsp3) is 0.600. The van der Waals surface area contributed by atoms with Crippen LogP contribution in [0.5, 0.6) is 0 Å². The average molecular weight is 226 g/mol. The smallest absolute Gasteiger partial charge is 0.239 e. The van der Waals surface area contributed by atoms with Crippen LogP contribution < -0.4 is 11.1 Å². The minimum Gasteiger partial charge on any atom is -0.383 e. The monoisotopic (exact) mass is 226 g/mol. The molecule has 3 N–H and O–H groups in total. The fourth-order valence-electron chi connectivity index (χ4n) is 1.36. The van der Waals surface area contributed by atoms with Crippen LogP contribution in [-0.2, 0) is 16.1 Å². The van der Waals surface area contributed by atoms with Crippen molar-refractivity contribution in [3.8, 4) is 0 Å². The summed E-state index contributed by atoms with van der Waals surface area (Å²) < 4.78 is 6.57. The molecule has 1 aromatic heterocycles. The van der Waals surface area contributed by atoms with Gasteiger partial charge in [0.1, 0.15) is 12.4 Å². The second kappa shape index (κ2) is 6.12. The standard InChI is InChI=1S/C10H18N4O2/c1-3-8(7-16-2)12-10-4-5-14(13-10)6-9(11)15/h4-5,8H,3,6-7H2,1-2H3,(H2,11,15)(H,12,13). The van der Waals surface area contributed by atoms with Crippen LogP contribution in [0, 0.1) is 0 Å². The molecule has 0 aliphatic carbocycles. The van der Waals surface area contributed by atoms with E-state index in [4.69, 9.17) is 10.5 Å². The number of primary amides is 1. The topological polar surface area (TPSA) is 82.2 Å². The molecule has 1 heterocycles. The minimum atomic E-state index is -0.404. The molecule has 90 valence electrons. The largest absolute Gasteiger partial charge is 0.383 e. The number of carbonyl (C=O) groups excluding carboxylic acids is 1. The predicted octanol–water partition coefficient (Wildman–Crippen LogP) is 0.205. The number of ether oxygens (including phenoxy) is 1. The van der Waals surface area contributed by atoms with E-state index in [9.17, 15) is 4.79 Å². The molecule has 1 rings (SSSR count). The average Bonchev–Trinajstić information content (AvgIpc) is 2.64. The summed E-state index contributed by atoms with van der Waals surface area (Å²) in [4.78, 5) is 10.7. The Morgan fingerprint density at radius 3 is 3.06 bits per heavy atom. The van der Waals surface area contributed by atoms with Crippen molar-refractivity contribution >= 4 is 11.7 Å². The zero-order chi connectivity index (χ0) is 12.0. The summed E-state index contributed by atoms with van der Waals surface area (Å²) in [7, 11) is 1.66. The van der Waals surface area contributed by atoms with Gasteiger partial charge in [-0.2, -0.15) is 5.10 Å². The normalized spacial score (nSPS) is 12.4. The van der Waals surface area contributed by atoms with E-state index in [1.807, 2.05) is 0 Å². The molecule has 1 aromatic rings. The Labute approximate surface area is 94.8 Å². The summed E-state index contributed by atoms with van der Waals surface area (Å²) in [5, 5.41) is 7.38. The first-order chi connectivity index (χ1) is 7.65. The first-order valence-corrected chi connectivity index (χ1v) is 5.23. The molecule has 0 radical (unpaired) electrons. The Balaban J connectivity index is 2.53. The summed E-state index contributed by atoms with van der Waals surface area (Å²) in [6, 6.07) is 2.03. The summed E-state index contributed by atoms with van der Waals surface area (Å²) in [5.74, 6) is 0.323. The zero-order valence-electron chi connectivity index (χ0n) is 9.64. The third-order valence-corrected chi connectivity index (χ3v) is 2.17. The molecule has 0 aromatic carbocycles. The Hall–Kier alpha value is -1.56. The molecule has 1 amide bonds. The number of hydrogen-bond acceptors (Lipinski definition) is 4. The van der Waals surface area contributed by atoms with Crippen LogP contribution in [0.15, 0.2) is 12.3 Å². The number of amides is 1. The van der Waals surface area contributed by atoms with Crippen molar-refractivity contribution in [2.45, 2.75) is 25.9 Å². The molecule has 0 saturated heterocycles. The number of rotatable bonds is 7. The third kappa shape index (κ3) is 3.90. The van der Waals surface area contributed by atoms with Crippen LogP contribution in [0.25, 0.3) is 0 Å². The lowest BCUT2D eigenvalue weighted by Crippen LogP contribution is -2.24. The number of nitrogens with two attached hydrogens (primary N) is 1. The molecule has 6 heteroatoms. The van der Waals surface area contributed by atoms with Crippen molar-refractivity contribution in [2.75, 3.05) is 19.0 Å². The number of aromatic nitrogens is 2. The Bertz CT molecular complexity index is 337. The number of carbonyl (C=O) groups is 1. The summed E-state index contributed by atoms with van der Waals surface area (Å²) in [6.45, 7) is 2.79. The van der Waals surface area contributed by atoms with Gasteiger partial charge in [-0.15, -0.1) is 0 Å². The summed E-state index contributed by atoms with van der Waals surface area (Å²) in [6.07, 6.45) is 2.66. The van der Waals surface area contributed by atoms with Gasteiger partial charge in [0.15, 0.2) is 0 Å². The van der Waals surface area contributed by atoms with Gasteiger partial charge in [-0.3, -0.25) is 9.48 Å². The van der Waals surface area contributed by atoms with Crippen LogP contribution >= 0.6 is 0 Å². The first-order valence-electron chi connectivity index (χ1n) is 5.23. The quantitative estimate of drug-likeness (QED) is 0.696. The van der Waals surface area contributed by atoms with Crippen molar-refractivity contribution in [2.24, 2.45) is 5.73 Å². The highest BCUT2D eigenvalue weighted by molar-refractivity contribution is 5.73. The molecule has 1 atom stereocenters. The van der Waals surface area contributed by atoms with Crippen LogP contribution in [-0.4, -0.2) is 35.4 Å². The summed E-state index contributed by atoms with van der Waals surface area (Å²) >= 11 is 0. The van der Waals surface area contributed by atoms with Crippen molar-refractivity contribution in [3.05, 3.63) is 12.3 Å². The van der Waals surface area contributed by atoms with E-state index in [0.29, 0.717) is 6.61 Å². The molecule has 0 fully saturated rings. The summed E-state index contributed by atoms with van der Waals surface area (Å²) in [5.41, 5.74) is 5.07. The molecule has 0 saturated carbocycles. The van der Waals surface area contributed by atoms with Gasteiger partial charge in [-0.05, 0) is 6.42 Å². The van der Waals surface area contributed by atoms with E-state index >= 15 is 0 Å². The van der Waals surface area contributed by atoms with Gasteiger partial charge in [0, 0.05) is 19.4 Å². The molecule has 16 heavy (non-hydrogen) atoms. The van der Waals surface area contributed by atoms with Gasteiger partial charge >= 0.3 is 0 Å². The lowest BCUT2D eigenvalue weighted by atomic mass is 10.2. The van der Waals surface area contributed by atoms with E-state index < -0.39 is 5.91 Å². The molecule has 6 nitrogen and oxygen atoms in total. The molecular weight excluding hydrogens is 208 g/mol. The molecule has 0 bridgehead atoms. The van der Waals surface area contributed by atoms with Crippen LogP contribution in [0.3, 0.4) is 0 Å². The Kier molecular flexibility index (Phi) is 4.78. The van der Waals surface area contributed by atoms with Gasteiger partial charge in [0.2, 0.25) is 5.91 Å². The Morgan fingerprint density at radius 1 is 1.75 bits per heavy atom. The van der Waals surface area contributed by atoms with Gasteiger partial charge in [-0.1, -0.05) is 6.92 Å². The number of hydrogen-bond donors (Lipinski definition) is 2. The molecular formula is C10H18N4O2. The first kappa shape index (κ1) is 12.5. The highest BCUT2D eigenvalue weighted by Crippen LogP contribution is 2.06. The lowest BCUT2D eigenvalue weighted by Gasteiger charge is -2.14. The van der Waals surface area contributed by atoms with Crippen molar-refractivity contribution in [1.82, 2.24) is 9.78 Å². The maximum absolute atomic E-state index is 10.7. The molecule has 0 spiro atoms.